The molecule has 1 aromatic carbocycles. The van der Waals surface area contributed by atoms with E-state index in [4.69, 9.17) is 10.5 Å². The minimum Gasteiger partial charge on any atom is -0.372 e. The van der Waals surface area contributed by atoms with E-state index in [9.17, 15) is 8.42 Å². The average Bonchev–Trinajstić information content (AvgIpc) is 3.05. The third-order valence-corrected chi connectivity index (χ3v) is 5.72. The van der Waals surface area contributed by atoms with E-state index in [1.54, 1.807) is 12.1 Å². The molecule has 0 radical (unpaired) electrons. The maximum Gasteiger partial charge on any atom is 0.240 e. The van der Waals surface area contributed by atoms with E-state index >= 15 is 0 Å². The summed E-state index contributed by atoms with van der Waals surface area (Å²) in [7, 11) is -3.44. The van der Waals surface area contributed by atoms with Crippen LogP contribution in [-0.4, -0.2) is 21.0 Å². The van der Waals surface area contributed by atoms with Crippen LogP contribution < -0.4 is 10.5 Å². The van der Waals surface area contributed by atoms with Crippen LogP contribution >= 0.6 is 0 Å². The van der Waals surface area contributed by atoms with Gasteiger partial charge in [0.25, 0.3) is 0 Å². The van der Waals surface area contributed by atoms with E-state index in [2.05, 4.69) is 4.72 Å². The van der Waals surface area contributed by atoms with Crippen molar-refractivity contribution >= 4 is 10.0 Å². The Labute approximate surface area is 119 Å². The van der Waals surface area contributed by atoms with E-state index in [1.807, 2.05) is 6.07 Å². The SMILES string of the molecule is NCC1CCC(NS(=O)(=O)c2ccc3c(c2)COC3)C1. The highest BCUT2D eigenvalue weighted by molar-refractivity contribution is 7.89. The molecule has 0 bridgehead atoms. The predicted molar refractivity (Wildman–Crippen MR) is 75.4 cm³/mol. The van der Waals surface area contributed by atoms with Crippen molar-refractivity contribution in [2.24, 2.45) is 11.7 Å². The first-order chi connectivity index (χ1) is 9.58. The molecule has 0 amide bonds. The van der Waals surface area contributed by atoms with Gasteiger partial charge in [-0.05, 0) is 55.0 Å². The molecule has 0 saturated heterocycles. The maximum absolute atomic E-state index is 12.4. The third-order valence-electron chi connectivity index (χ3n) is 4.20. The van der Waals surface area contributed by atoms with Crippen molar-refractivity contribution in [2.75, 3.05) is 6.54 Å². The second kappa shape index (κ2) is 5.44. The van der Waals surface area contributed by atoms with Gasteiger partial charge in [0.1, 0.15) is 0 Å². The average molecular weight is 296 g/mol. The van der Waals surface area contributed by atoms with Gasteiger partial charge in [-0.3, -0.25) is 0 Å². The zero-order valence-corrected chi connectivity index (χ0v) is 12.2. The van der Waals surface area contributed by atoms with Gasteiger partial charge in [-0.15, -0.1) is 0 Å². The summed E-state index contributed by atoms with van der Waals surface area (Å²) < 4.78 is 32.9. The zero-order chi connectivity index (χ0) is 14.2. The Morgan fingerprint density at radius 2 is 2.05 bits per heavy atom. The highest BCUT2D eigenvalue weighted by Crippen LogP contribution is 2.27. The summed E-state index contributed by atoms with van der Waals surface area (Å²) in [5.41, 5.74) is 7.69. The molecule has 0 aromatic heterocycles. The van der Waals surface area contributed by atoms with Crippen LogP contribution in [0.3, 0.4) is 0 Å². The number of nitrogens with one attached hydrogen (secondary N) is 1. The fraction of sp³-hybridized carbons (Fsp3) is 0.571. The van der Waals surface area contributed by atoms with Gasteiger partial charge in [-0.2, -0.15) is 0 Å². The van der Waals surface area contributed by atoms with Crippen molar-refractivity contribution < 1.29 is 13.2 Å². The number of nitrogens with two attached hydrogens (primary N) is 1. The quantitative estimate of drug-likeness (QED) is 0.872. The smallest absolute Gasteiger partial charge is 0.240 e. The van der Waals surface area contributed by atoms with Gasteiger partial charge >= 0.3 is 0 Å². The first-order valence-corrected chi connectivity index (χ1v) is 8.49. The van der Waals surface area contributed by atoms with Crippen LogP contribution in [-0.2, 0) is 28.0 Å². The molecular weight excluding hydrogens is 276 g/mol. The van der Waals surface area contributed by atoms with Crippen molar-refractivity contribution in [1.29, 1.82) is 0 Å². The molecule has 3 N–H and O–H groups in total. The third kappa shape index (κ3) is 2.74. The second-order valence-corrected chi connectivity index (χ2v) is 7.37. The minimum atomic E-state index is -3.44. The van der Waals surface area contributed by atoms with E-state index in [-0.39, 0.29) is 6.04 Å². The number of sulfonamides is 1. The number of hydrogen-bond donors (Lipinski definition) is 2. The number of rotatable bonds is 4. The van der Waals surface area contributed by atoms with Crippen molar-refractivity contribution in [3.05, 3.63) is 29.3 Å². The van der Waals surface area contributed by atoms with Crippen molar-refractivity contribution in [3.8, 4) is 0 Å². The summed E-state index contributed by atoms with van der Waals surface area (Å²) in [5.74, 6) is 0.441. The van der Waals surface area contributed by atoms with E-state index in [1.165, 1.54) is 0 Å². The molecular formula is C14H20N2O3S. The number of benzene rings is 1. The lowest BCUT2D eigenvalue weighted by molar-refractivity contribution is 0.134. The molecule has 2 aliphatic rings. The van der Waals surface area contributed by atoms with Gasteiger partial charge in [0.15, 0.2) is 0 Å². The second-order valence-electron chi connectivity index (χ2n) is 5.66. The van der Waals surface area contributed by atoms with Crippen LogP contribution in [0, 0.1) is 5.92 Å². The topological polar surface area (TPSA) is 81.4 Å². The summed E-state index contributed by atoms with van der Waals surface area (Å²) in [5, 5.41) is 0. The van der Waals surface area contributed by atoms with Crippen LogP contribution in [0.25, 0.3) is 0 Å². The summed E-state index contributed by atoms with van der Waals surface area (Å²) in [6, 6.07) is 5.23. The van der Waals surface area contributed by atoms with Crippen molar-refractivity contribution in [3.63, 3.8) is 0 Å². The molecule has 3 rings (SSSR count). The molecule has 2 unspecified atom stereocenters. The lowest BCUT2D eigenvalue weighted by atomic mass is 10.1. The van der Waals surface area contributed by atoms with Crippen LogP contribution in [0.1, 0.15) is 30.4 Å². The van der Waals surface area contributed by atoms with Crippen LogP contribution in [0.15, 0.2) is 23.1 Å². The summed E-state index contributed by atoms with van der Waals surface area (Å²) in [6.45, 7) is 1.70. The van der Waals surface area contributed by atoms with Crippen molar-refractivity contribution in [1.82, 2.24) is 4.72 Å². The van der Waals surface area contributed by atoms with Gasteiger partial charge in [0.05, 0.1) is 18.1 Å². The largest absolute Gasteiger partial charge is 0.372 e. The molecule has 1 aromatic rings. The van der Waals surface area contributed by atoms with Gasteiger partial charge in [0.2, 0.25) is 10.0 Å². The molecule has 0 spiro atoms. The number of ether oxygens (including phenoxy) is 1. The van der Waals surface area contributed by atoms with Gasteiger partial charge < -0.3 is 10.5 Å². The Balaban J connectivity index is 1.75. The molecule has 20 heavy (non-hydrogen) atoms. The summed E-state index contributed by atoms with van der Waals surface area (Å²) >= 11 is 0. The molecule has 1 heterocycles. The first kappa shape index (κ1) is 14.0. The standard InChI is InChI=1S/C14H20N2O3S/c15-7-10-1-3-13(5-10)16-20(17,18)14-4-2-11-8-19-9-12(11)6-14/h2,4,6,10,13,16H,1,3,5,7-9,15H2. The first-order valence-electron chi connectivity index (χ1n) is 7.00. The molecule has 6 heteroatoms. The molecule has 110 valence electrons. The zero-order valence-electron chi connectivity index (χ0n) is 11.3. The maximum atomic E-state index is 12.4. The molecule has 5 nitrogen and oxygen atoms in total. The highest BCUT2D eigenvalue weighted by Gasteiger charge is 2.28. The summed E-state index contributed by atoms with van der Waals surface area (Å²) in [6.07, 6.45) is 2.71. The Morgan fingerprint density at radius 1 is 1.25 bits per heavy atom. The van der Waals surface area contributed by atoms with E-state index in [0.29, 0.717) is 30.6 Å². The molecule has 1 fully saturated rings. The fourth-order valence-electron chi connectivity index (χ4n) is 3.00. The van der Waals surface area contributed by atoms with Crippen LogP contribution in [0.2, 0.25) is 0 Å². The van der Waals surface area contributed by atoms with Gasteiger partial charge in [-0.1, -0.05) is 6.07 Å². The predicted octanol–water partition coefficient (Wildman–Crippen LogP) is 1.12. The number of fused-ring (bicyclic) bond motifs is 1. The Hall–Kier alpha value is -0.950. The van der Waals surface area contributed by atoms with Gasteiger partial charge in [0, 0.05) is 6.04 Å². The van der Waals surface area contributed by atoms with Crippen molar-refractivity contribution in [2.45, 2.75) is 43.4 Å². The molecule has 2 atom stereocenters. The molecule has 1 aliphatic carbocycles. The van der Waals surface area contributed by atoms with E-state index in [0.717, 1.165) is 30.4 Å². The Kier molecular flexibility index (Phi) is 3.81. The molecule has 1 saturated carbocycles. The minimum absolute atomic E-state index is 0.0121. The number of hydrogen-bond acceptors (Lipinski definition) is 4. The Morgan fingerprint density at radius 3 is 2.80 bits per heavy atom. The van der Waals surface area contributed by atoms with Gasteiger partial charge in [-0.25, -0.2) is 13.1 Å². The summed E-state index contributed by atoms with van der Waals surface area (Å²) in [4.78, 5) is 0.331. The highest BCUT2D eigenvalue weighted by atomic mass is 32.2. The Bertz CT molecular complexity index is 600. The van der Waals surface area contributed by atoms with Crippen LogP contribution in [0.4, 0.5) is 0 Å². The lowest BCUT2D eigenvalue weighted by Crippen LogP contribution is -2.33. The normalized spacial score (nSPS) is 25.9. The monoisotopic (exact) mass is 296 g/mol. The molecule has 1 aliphatic heterocycles. The van der Waals surface area contributed by atoms with E-state index < -0.39 is 10.0 Å². The lowest BCUT2D eigenvalue weighted by Gasteiger charge is -2.14. The van der Waals surface area contributed by atoms with Crippen LogP contribution in [0.5, 0.6) is 0 Å². The fourth-order valence-corrected chi connectivity index (χ4v) is 4.33.